The summed E-state index contributed by atoms with van der Waals surface area (Å²) in [5.41, 5.74) is 8.24. The number of rotatable bonds is 7. The van der Waals surface area contributed by atoms with Crippen LogP contribution in [0.3, 0.4) is 0 Å². The Morgan fingerprint density at radius 2 is 1.90 bits per heavy atom. The van der Waals surface area contributed by atoms with Gasteiger partial charge in [-0.15, -0.1) is 0 Å². The molecule has 0 aliphatic rings. The SMILES string of the molecule is CC(CCCN)C(=O)O.CCc1cnc(-c2ccc(Cl)cc2Cl)n1-c1ccc(Br)cc1. The lowest BCUT2D eigenvalue weighted by atomic mass is 10.1. The first-order chi connectivity index (χ1) is 14.8. The first kappa shape index (κ1) is 25.4. The van der Waals surface area contributed by atoms with Gasteiger partial charge in [-0.2, -0.15) is 0 Å². The van der Waals surface area contributed by atoms with Crippen molar-refractivity contribution in [2.24, 2.45) is 11.7 Å². The van der Waals surface area contributed by atoms with E-state index in [1.54, 1.807) is 13.0 Å². The van der Waals surface area contributed by atoms with Gasteiger partial charge < -0.3 is 10.8 Å². The minimum absolute atomic E-state index is 0.242. The topological polar surface area (TPSA) is 81.1 Å². The monoisotopic (exact) mass is 525 g/mol. The molecule has 2 aromatic carbocycles. The Bertz CT molecular complexity index is 1010. The van der Waals surface area contributed by atoms with Gasteiger partial charge in [-0.1, -0.05) is 53.0 Å². The van der Waals surface area contributed by atoms with E-state index in [1.165, 1.54) is 0 Å². The lowest BCUT2D eigenvalue weighted by molar-refractivity contribution is -0.141. The summed E-state index contributed by atoms with van der Waals surface area (Å²) in [5, 5.41) is 9.58. The molecule has 31 heavy (non-hydrogen) atoms. The first-order valence-corrected chi connectivity index (χ1v) is 11.5. The number of aryl methyl sites for hydroxylation is 1. The summed E-state index contributed by atoms with van der Waals surface area (Å²) in [4.78, 5) is 14.7. The van der Waals surface area contributed by atoms with Crippen molar-refractivity contribution in [1.82, 2.24) is 9.55 Å². The molecule has 0 amide bonds. The number of hydrogen-bond donors (Lipinski definition) is 2. The van der Waals surface area contributed by atoms with Crippen LogP contribution in [-0.2, 0) is 11.2 Å². The summed E-state index contributed by atoms with van der Waals surface area (Å²) in [7, 11) is 0. The van der Waals surface area contributed by atoms with Crippen LogP contribution >= 0.6 is 39.1 Å². The van der Waals surface area contributed by atoms with E-state index < -0.39 is 5.97 Å². The van der Waals surface area contributed by atoms with Crippen molar-refractivity contribution in [2.75, 3.05) is 6.54 Å². The quantitative estimate of drug-likeness (QED) is 0.362. The summed E-state index contributed by atoms with van der Waals surface area (Å²) >= 11 is 15.8. The Morgan fingerprint density at radius 3 is 2.45 bits per heavy atom. The van der Waals surface area contributed by atoms with Crippen LogP contribution in [0.1, 0.15) is 32.4 Å². The van der Waals surface area contributed by atoms with Gasteiger partial charge in [0, 0.05) is 32.6 Å². The summed E-state index contributed by atoms with van der Waals surface area (Å²) in [6, 6.07) is 13.6. The molecule has 0 aliphatic carbocycles. The predicted octanol–water partition coefficient (Wildman–Crippen LogP) is 6.62. The molecular formula is C23H26BrCl2N3O2. The molecule has 0 saturated carbocycles. The van der Waals surface area contributed by atoms with E-state index >= 15 is 0 Å². The van der Waals surface area contributed by atoms with Gasteiger partial charge in [-0.25, -0.2) is 4.98 Å². The molecule has 0 radical (unpaired) electrons. The van der Waals surface area contributed by atoms with Crippen LogP contribution in [-0.4, -0.2) is 27.2 Å². The molecule has 1 unspecified atom stereocenters. The predicted molar refractivity (Wildman–Crippen MR) is 131 cm³/mol. The van der Waals surface area contributed by atoms with Gasteiger partial charge in [0.2, 0.25) is 0 Å². The van der Waals surface area contributed by atoms with Crippen LogP contribution in [0, 0.1) is 5.92 Å². The smallest absolute Gasteiger partial charge is 0.306 e. The fourth-order valence-electron chi connectivity index (χ4n) is 2.92. The second-order valence-corrected chi connectivity index (χ2v) is 8.79. The van der Waals surface area contributed by atoms with Crippen LogP contribution in [0.4, 0.5) is 0 Å². The number of carboxylic acid groups (broad SMARTS) is 1. The number of aliphatic carboxylic acids is 1. The number of aromatic nitrogens is 2. The summed E-state index contributed by atoms with van der Waals surface area (Å²) in [6.07, 6.45) is 4.26. The van der Waals surface area contributed by atoms with Gasteiger partial charge in [-0.05, 0) is 68.3 Å². The third kappa shape index (κ3) is 7.07. The minimum Gasteiger partial charge on any atom is -0.481 e. The van der Waals surface area contributed by atoms with E-state index in [4.69, 9.17) is 34.0 Å². The minimum atomic E-state index is -0.733. The number of benzene rings is 2. The second kappa shape index (κ2) is 12.2. The van der Waals surface area contributed by atoms with Crippen molar-refractivity contribution in [3.63, 3.8) is 0 Å². The number of nitrogens with zero attached hydrogens (tertiary/aromatic N) is 2. The van der Waals surface area contributed by atoms with E-state index in [9.17, 15) is 4.79 Å². The Morgan fingerprint density at radius 1 is 1.23 bits per heavy atom. The highest BCUT2D eigenvalue weighted by Crippen LogP contribution is 2.32. The Hall–Kier alpha value is -1.86. The lowest BCUT2D eigenvalue weighted by Gasteiger charge is -2.12. The molecule has 3 rings (SSSR count). The fourth-order valence-corrected chi connectivity index (χ4v) is 3.68. The molecular weight excluding hydrogens is 501 g/mol. The maximum absolute atomic E-state index is 10.2. The Balaban J connectivity index is 0.000000323. The average molecular weight is 527 g/mol. The van der Waals surface area contributed by atoms with E-state index in [-0.39, 0.29) is 5.92 Å². The van der Waals surface area contributed by atoms with Crippen molar-refractivity contribution < 1.29 is 9.90 Å². The maximum atomic E-state index is 10.2. The summed E-state index contributed by atoms with van der Waals surface area (Å²) in [6.45, 7) is 4.38. The largest absolute Gasteiger partial charge is 0.481 e. The van der Waals surface area contributed by atoms with Crippen LogP contribution < -0.4 is 5.73 Å². The van der Waals surface area contributed by atoms with Gasteiger partial charge in [0.1, 0.15) is 5.82 Å². The highest BCUT2D eigenvalue weighted by atomic mass is 79.9. The van der Waals surface area contributed by atoms with Crippen LogP contribution in [0.15, 0.2) is 53.1 Å². The van der Waals surface area contributed by atoms with Gasteiger partial charge >= 0.3 is 5.97 Å². The van der Waals surface area contributed by atoms with E-state index in [2.05, 4.69) is 44.5 Å². The number of carboxylic acids is 1. The normalized spacial score (nSPS) is 11.5. The number of nitrogens with two attached hydrogens (primary N) is 1. The first-order valence-electron chi connectivity index (χ1n) is 9.99. The average Bonchev–Trinajstić information content (AvgIpc) is 3.16. The number of hydrogen-bond acceptors (Lipinski definition) is 3. The zero-order valence-electron chi connectivity index (χ0n) is 17.5. The number of carbonyl (C=O) groups is 1. The van der Waals surface area contributed by atoms with Crippen molar-refractivity contribution in [3.8, 4) is 17.1 Å². The molecule has 3 aromatic rings. The van der Waals surface area contributed by atoms with Gasteiger partial charge in [0.15, 0.2) is 0 Å². The van der Waals surface area contributed by atoms with Crippen LogP contribution in [0.25, 0.3) is 17.1 Å². The van der Waals surface area contributed by atoms with Crippen LogP contribution in [0.2, 0.25) is 10.0 Å². The second-order valence-electron chi connectivity index (χ2n) is 7.03. The van der Waals surface area contributed by atoms with Gasteiger partial charge in [0.25, 0.3) is 0 Å². The Kier molecular flexibility index (Phi) is 10.0. The molecule has 0 bridgehead atoms. The molecule has 1 aromatic heterocycles. The molecule has 8 heteroatoms. The molecule has 0 aliphatic heterocycles. The van der Waals surface area contributed by atoms with E-state index in [0.29, 0.717) is 23.0 Å². The molecule has 0 saturated heterocycles. The van der Waals surface area contributed by atoms with E-state index in [1.807, 2.05) is 30.5 Å². The molecule has 1 heterocycles. The molecule has 0 fully saturated rings. The van der Waals surface area contributed by atoms with Crippen LogP contribution in [0.5, 0.6) is 0 Å². The molecule has 1 atom stereocenters. The number of imidazole rings is 1. The zero-order chi connectivity index (χ0) is 23.0. The van der Waals surface area contributed by atoms with Crippen molar-refractivity contribution >= 4 is 45.1 Å². The molecule has 3 N–H and O–H groups in total. The van der Waals surface area contributed by atoms with E-state index in [0.717, 1.165) is 40.1 Å². The molecule has 0 spiro atoms. The van der Waals surface area contributed by atoms with Gasteiger partial charge in [0.05, 0.1) is 10.9 Å². The van der Waals surface area contributed by atoms with Gasteiger partial charge in [-0.3, -0.25) is 9.36 Å². The summed E-state index contributed by atoms with van der Waals surface area (Å²) < 4.78 is 3.17. The highest BCUT2D eigenvalue weighted by molar-refractivity contribution is 9.10. The van der Waals surface area contributed by atoms with Crippen molar-refractivity contribution in [1.29, 1.82) is 0 Å². The number of halogens is 3. The highest BCUT2D eigenvalue weighted by Gasteiger charge is 2.15. The third-order valence-electron chi connectivity index (χ3n) is 4.72. The lowest BCUT2D eigenvalue weighted by Crippen LogP contribution is -2.11. The Labute approximate surface area is 201 Å². The standard InChI is InChI=1S/C17H13BrCl2N2.C6H13NO2/c1-2-13-10-21-17(15-8-5-12(19)9-16(15)20)22(13)14-6-3-11(18)4-7-14;1-5(6(8)9)3-2-4-7/h3-10H,2H2,1H3;5H,2-4,7H2,1H3,(H,8,9). The summed E-state index contributed by atoms with van der Waals surface area (Å²) in [5.74, 6) is -0.155. The van der Waals surface area contributed by atoms with Crippen molar-refractivity contribution in [2.45, 2.75) is 33.1 Å². The fraction of sp³-hybridized carbons (Fsp3) is 0.304. The molecule has 166 valence electrons. The van der Waals surface area contributed by atoms with Crippen molar-refractivity contribution in [3.05, 3.63) is 68.9 Å². The zero-order valence-corrected chi connectivity index (χ0v) is 20.6. The third-order valence-corrected chi connectivity index (χ3v) is 5.79. The molecule has 5 nitrogen and oxygen atoms in total. The maximum Gasteiger partial charge on any atom is 0.306 e.